The number of pyridine rings is 1. The van der Waals surface area contributed by atoms with Gasteiger partial charge in [0.15, 0.2) is 0 Å². The van der Waals surface area contributed by atoms with E-state index in [0.717, 1.165) is 11.1 Å². The molecular weight excluding hydrogens is 164 g/mol. The van der Waals surface area contributed by atoms with Crippen LogP contribution in [0, 0.1) is 0 Å². The maximum absolute atomic E-state index is 5.60. The second kappa shape index (κ2) is 2.47. The fourth-order valence-corrected chi connectivity index (χ4v) is 1.00. The average Bonchev–Trinajstić information content (AvgIpc) is 2.50. The van der Waals surface area contributed by atoms with E-state index in [1.807, 2.05) is 6.07 Å². The Kier molecular flexibility index (Phi) is 1.47. The predicted octanol–water partition coefficient (Wildman–Crippen LogP) is 1.09. The molecule has 0 atom stereocenters. The molecule has 0 saturated heterocycles. The van der Waals surface area contributed by atoms with Gasteiger partial charge in [-0.15, -0.1) is 16.7 Å². The van der Waals surface area contributed by atoms with Crippen molar-refractivity contribution in [3.05, 3.63) is 17.8 Å². The highest BCUT2D eigenvalue weighted by atomic mass is 35.5. The van der Waals surface area contributed by atoms with Crippen LogP contribution in [0.5, 0.6) is 0 Å². The Morgan fingerprint density at radius 2 is 2.36 bits per heavy atom. The van der Waals surface area contributed by atoms with E-state index in [1.54, 1.807) is 6.20 Å². The van der Waals surface area contributed by atoms with Crippen LogP contribution in [0.3, 0.4) is 0 Å². The molecule has 0 spiro atoms. The summed E-state index contributed by atoms with van der Waals surface area (Å²) in [4.78, 5) is 4.02. The molecule has 0 aliphatic heterocycles. The van der Waals surface area contributed by atoms with E-state index in [4.69, 9.17) is 11.6 Å². The van der Waals surface area contributed by atoms with Gasteiger partial charge >= 0.3 is 0 Å². The largest absolute Gasteiger partial charge is 0.233 e. The zero-order chi connectivity index (χ0) is 7.68. The predicted molar refractivity (Wildman–Crippen MR) is 41.2 cm³/mol. The number of hydrogen-bond acceptors (Lipinski definition) is 3. The lowest BCUT2D eigenvalue weighted by Crippen LogP contribution is -1.81. The Bertz CT molecular complexity index is 369. The second-order valence-corrected chi connectivity index (χ2v) is 2.41. The molecule has 1 N–H and O–H groups in total. The molecule has 5 heteroatoms. The molecule has 0 aliphatic carbocycles. The summed E-state index contributed by atoms with van der Waals surface area (Å²) in [6, 6.07) is 1.86. The maximum Gasteiger partial charge on any atom is 0.201 e. The highest BCUT2D eigenvalue weighted by molar-refractivity contribution is 6.17. The molecule has 0 radical (unpaired) electrons. The van der Waals surface area contributed by atoms with Gasteiger partial charge in [0.1, 0.15) is 5.52 Å². The molecular formula is C6H5ClN4. The van der Waals surface area contributed by atoms with E-state index in [1.165, 1.54) is 0 Å². The van der Waals surface area contributed by atoms with Crippen molar-refractivity contribution in [3.8, 4) is 0 Å². The van der Waals surface area contributed by atoms with E-state index in [2.05, 4.69) is 20.4 Å². The topological polar surface area (TPSA) is 54.5 Å². The van der Waals surface area contributed by atoms with Crippen molar-refractivity contribution in [2.75, 3.05) is 0 Å². The molecule has 0 fully saturated rings. The summed E-state index contributed by atoms with van der Waals surface area (Å²) >= 11 is 5.60. The quantitative estimate of drug-likeness (QED) is 0.649. The molecule has 4 nitrogen and oxygen atoms in total. The van der Waals surface area contributed by atoms with Crippen molar-refractivity contribution in [3.63, 3.8) is 0 Å². The van der Waals surface area contributed by atoms with Gasteiger partial charge in [-0.05, 0) is 11.6 Å². The minimum Gasteiger partial charge on any atom is -0.233 e. The summed E-state index contributed by atoms with van der Waals surface area (Å²) in [7, 11) is 0. The third kappa shape index (κ3) is 1.05. The van der Waals surface area contributed by atoms with Gasteiger partial charge in [0.2, 0.25) is 5.65 Å². The number of alkyl halides is 1. The van der Waals surface area contributed by atoms with Crippen molar-refractivity contribution in [2.45, 2.75) is 5.88 Å². The molecule has 56 valence electrons. The fourth-order valence-electron chi connectivity index (χ4n) is 0.855. The molecule has 11 heavy (non-hydrogen) atoms. The number of rotatable bonds is 1. The summed E-state index contributed by atoms with van der Waals surface area (Å²) in [5, 5.41) is 10.2. The van der Waals surface area contributed by atoms with Crippen LogP contribution in [0.1, 0.15) is 5.56 Å². The minimum atomic E-state index is 0.454. The van der Waals surface area contributed by atoms with E-state index in [0.29, 0.717) is 11.5 Å². The summed E-state index contributed by atoms with van der Waals surface area (Å²) in [6.07, 6.45) is 1.69. The fraction of sp³-hybridized carbons (Fsp3) is 0.167. The molecule has 2 heterocycles. The smallest absolute Gasteiger partial charge is 0.201 e. The van der Waals surface area contributed by atoms with Gasteiger partial charge in [0.25, 0.3) is 0 Å². The summed E-state index contributed by atoms with van der Waals surface area (Å²) in [5.41, 5.74) is 2.33. The molecule has 2 rings (SSSR count). The number of hydrogen-bond donors (Lipinski definition) is 1. The zero-order valence-corrected chi connectivity index (χ0v) is 6.34. The number of aromatic nitrogens is 4. The highest BCUT2D eigenvalue weighted by Gasteiger charge is 1.98. The van der Waals surface area contributed by atoms with Crippen molar-refractivity contribution in [2.24, 2.45) is 0 Å². The lowest BCUT2D eigenvalue weighted by atomic mass is 10.3. The Morgan fingerprint density at radius 3 is 3.18 bits per heavy atom. The van der Waals surface area contributed by atoms with Crippen LogP contribution < -0.4 is 0 Å². The van der Waals surface area contributed by atoms with Gasteiger partial charge in [-0.3, -0.25) is 0 Å². The van der Waals surface area contributed by atoms with Crippen molar-refractivity contribution in [1.29, 1.82) is 0 Å². The van der Waals surface area contributed by atoms with Crippen LogP contribution in [0.25, 0.3) is 11.2 Å². The molecule has 0 aromatic carbocycles. The van der Waals surface area contributed by atoms with Crippen LogP contribution in [0.2, 0.25) is 0 Å². The SMILES string of the molecule is ClCc1cnc2n[nH]nc2c1. The highest BCUT2D eigenvalue weighted by Crippen LogP contribution is 2.08. The van der Waals surface area contributed by atoms with Crippen LogP contribution in [0.15, 0.2) is 12.3 Å². The summed E-state index contributed by atoms with van der Waals surface area (Å²) in [6.45, 7) is 0. The third-order valence-corrected chi connectivity index (χ3v) is 1.69. The Labute approximate surface area is 67.6 Å². The Morgan fingerprint density at radius 1 is 1.45 bits per heavy atom. The Hall–Kier alpha value is -1.16. The van der Waals surface area contributed by atoms with Gasteiger partial charge in [-0.25, -0.2) is 4.98 Å². The first kappa shape index (κ1) is 6.54. The minimum absolute atomic E-state index is 0.454. The van der Waals surface area contributed by atoms with Crippen molar-refractivity contribution in [1.82, 2.24) is 20.4 Å². The van der Waals surface area contributed by atoms with Crippen LogP contribution in [-0.4, -0.2) is 20.4 Å². The number of fused-ring (bicyclic) bond motifs is 1. The molecule has 0 saturated carbocycles. The van der Waals surface area contributed by atoms with Gasteiger partial charge in [-0.2, -0.15) is 10.3 Å². The first-order valence-electron chi connectivity index (χ1n) is 3.11. The van der Waals surface area contributed by atoms with Gasteiger partial charge in [0.05, 0.1) is 0 Å². The molecule has 0 bridgehead atoms. The van der Waals surface area contributed by atoms with Gasteiger partial charge in [0, 0.05) is 12.1 Å². The maximum atomic E-state index is 5.60. The first-order chi connectivity index (χ1) is 5.40. The molecule has 0 aliphatic rings. The standard InChI is InChI=1S/C6H5ClN4/c7-2-4-1-5-6(8-3-4)10-11-9-5/h1,3H,2H2,(H,8,9,10,11). The van der Waals surface area contributed by atoms with E-state index in [9.17, 15) is 0 Å². The monoisotopic (exact) mass is 168 g/mol. The lowest BCUT2D eigenvalue weighted by molar-refractivity contribution is 0.954. The third-order valence-electron chi connectivity index (χ3n) is 1.38. The molecule has 0 amide bonds. The summed E-state index contributed by atoms with van der Waals surface area (Å²) < 4.78 is 0. The van der Waals surface area contributed by atoms with Crippen molar-refractivity contribution >= 4 is 22.8 Å². The van der Waals surface area contributed by atoms with Gasteiger partial charge < -0.3 is 0 Å². The number of nitrogens with one attached hydrogen (secondary N) is 1. The van der Waals surface area contributed by atoms with Crippen LogP contribution >= 0.6 is 11.6 Å². The zero-order valence-electron chi connectivity index (χ0n) is 5.58. The molecule has 0 unspecified atom stereocenters. The number of aromatic amines is 1. The van der Waals surface area contributed by atoms with E-state index >= 15 is 0 Å². The van der Waals surface area contributed by atoms with Crippen LogP contribution in [-0.2, 0) is 5.88 Å². The number of H-pyrrole nitrogens is 1. The molecule has 2 aromatic rings. The first-order valence-corrected chi connectivity index (χ1v) is 3.65. The van der Waals surface area contributed by atoms with Gasteiger partial charge in [-0.1, -0.05) is 0 Å². The van der Waals surface area contributed by atoms with Crippen molar-refractivity contribution < 1.29 is 0 Å². The normalized spacial score (nSPS) is 10.6. The second-order valence-electron chi connectivity index (χ2n) is 2.14. The van der Waals surface area contributed by atoms with E-state index < -0.39 is 0 Å². The summed E-state index contributed by atoms with van der Waals surface area (Å²) in [5.74, 6) is 0.454. The van der Waals surface area contributed by atoms with Crippen LogP contribution in [0.4, 0.5) is 0 Å². The molecule has 2 aromatic heterocycles. The average molecular weight is 169 g/mol. The van der Waals surface area contributed by atoms with E-state index in [-0.39, 0.29) is 0 Å². The number of nitrogens with zero attached hydrogens (tertiary/aromatic N) is 3. The lowest BCUT2D eigenvalue weighted by Gasteiger charge is -1.90. The Balaban J connectivity index is 2.67. The number of halogens is 1.